The van der Waals surface area contributed by atoms with Crippen LogP contribution in [0.15, 0.2) is 127 Å². The number of rotatable bonds is 1. The van der Waals surface area contributed by atoms with Crippen LogP contribution in [-0.4, -0.2) is 0 Å². The van der Waals surface area contributed by atoms with E-state index in [0.717, 1.165) is 6.42 Å². The average molecular weight is 627 g/mol. The molecule has 0 aromatic heterocycles. The lowest BCUT2D eigenvalue weighted by Crippen LogP contribution is -2.17. The maximum Gasteiger partial charge on any atom is 0.0159 e. The van der Waals surface area contributed by atoms with Gasteiger partial charge < -0.3 is 0 Å². The Kier molecular flexibility index (Phi) is 5.13. The van der Waals surface area contributed by atoms with E-state index in [2.05, 4.69) is 156 Å². The van der Waals surface area contributed by atoms with E-state index >= 15 is 0 Å². The molecule has 1 atom stereocenters. The summed E-state index contributed by atoms with van der Waals surface area (Å²) in [4.78, 5) is 0. The van der Waals surface area contributed by atoms with E-state index in [1.807, 2.05) is 0 Å². The lowest BCUT2D eigenvalue weighted by atomic mass is 9.78. The van der Waals surface area contributed by atoms with Crippen LogP contribution in [0.1, 0.15) is 67.5 Å². The van der Waals surface area contributed by atoms with E-state index < -0.39 is 0 Å². The Morgan fingerprint density at radius 2 is 1.20 bits per heavy atom. The van der Waals surface area contributed by atoms with Crippen LogP contribution in [-0.2, 0) is 10.8 Å². The fourth-order valence-electron chi connectivity index (χ4n) is 10.3. The summed E-state index contributed by atoms with van der Waals surface area (Å²) >= 11 is 0. The Morgan fingerprint density at radius 3 is 1.94 bits per heavy atom. The summed E-state index contributed by atoms with van der Waals surface area (Å²) in [6, 6.07) is 33.6. The molecule has 49 heavy (non-hydrogen) atoms. The highest BCUT2D eigenvalue weighted by Gasteiger charge is 2.43. The third-order valence-electron chi connectivity index (χ3n) is 12.8. The molecule has 11 rings (SSSR count). The van der Waals surface area contributed by atoms with Gasteiger partial charge in [0.15, 0.2) is 0 Å². The molecule has 0 heterocycles. The Labute approximate surface area is 288 Å². The molecule has 7 aromatic carbocycles. The molecule has 0 amide bonds. The standard InChI is InChI=1S/C49H38/c1-27-21-42-46(36-15-9-8-13-33(27)36)38-25-41-39(26-40(38)48(42,2)3)47-37-20-19-30-23-32(35-16-10-12-28-11-6-7-14-34(28)35)22-29-17-18-31(45(37)44(29)30)24-43(47)49(41,4)5/h6-13,15-26,34H,14H2,1-5H3. The smallest absolute Gasteiger partial charge is 0.0159 e. The molecule has 1 unspecified atom stereocenters. The van der Waals surface area contributed by atoms with Crippen molar-refractivity contribution in [3.8, 4) is 22.3 Å². The zero-order valence-electron chi connectivity index (χ0n) is 28.8. The second-order valence-corrected chi connectivity index (χ2v) is 16.1. The first-order valence-electron chi connectivity index (χ1n) is 18.0. The topological polar surface area (TPSA) is 0 Å². The van der Waals surface area contributed by atoms with Crippen molar-refractivity contribution in [2.75, 3.05) is 0 Å². The van der Waals surface area contributed by atoms with E-state index in [1.54, 1.807) is 0 Å². The number of allylic oxidation sites excluding steroid dienone is 8. The molecule has 0 nitrogen and oxygen atoms in total. The molecule has 234 valence electrons. The van der Waals surface area contributed by atoms with Gasteiger partial charge in [-0.15, -0.1) is 0 Å². The lowest BCUT2D eigenvalue weighted by molar-refractivity contribution is 0.652. The van der Waals surface area contributed by atoms with Crippen LogP contribution in [0.4, 0.5) is 0 Å². The highest BCUT2D eigenvalue weighted by Crippen LogP contribution is 2.59. The van der Waals surface area contributed by atoms with Gasteiger partial charge in [0, 0.05) is 16.7 Å². The van der Waals surface area contributed by atoms with Gasteiger partial charge >= 0.3 is 0 Å². The second-order valence-electron chi connectivity index (χ2n) is 16.1. The van der Waals surface area contributed by atoms with Crippen molar-refractivity contribution in [2.45, 2.75) is 51.9 Å². The van der Waals surface area contributed by atoms with Crippen molar-refractivity contribution >= 4 is 48.7 Å². The molecular formula is C49H38. The third-order valence-corrected chi connectivity index (χ3v) is 12.8. The van der Waals surface area contributed by atoms with Crippen LogP contribution in [0.3, 0.4) is 0 Å². The minimum absolute atomic E-state index is 0.0757. The van der Waals surface area contributed by atoms with Crippen LogP contribution in [0, 0.1) is 12.8 Å². The normalized spacial score (nSPS) is 19.2. The van der Waals surface area contributed by atoms with E-state index in [0.29, 0.717) is 5.92 Å². The largest absolute Gasteiger partial charge is 0.0836 e. The fourth-order valence-corrected chi connectivity index (χ4v) is 10.3. The molecule has 0 spiro atoms. The predicted molar refractivity (Wildman–Crippen MR) is 210 cm³/mol. The van der Waals surface area contributed by atoms with E-state index in [9.17, 15) is 0 Å². The molecule has 0 saturated heterocycles. The van der Waals surface area contributed by atoms with Crippen molar-refractivity contribution in [1.29, 1.82) is 0 Å². The molecule has 0 radical (unpaired) electrons. The molecule has 0 fully saturated rings. The lowest BCUT2D eigenvalue weighted by Gasteiger charge is -2.26. The van der Waals surface area contributed by atoms with Crippen molar-refractivity contribution < 1.29 is 0 Å². The highest BCUT2D eigenvalue weighted by molar-refractivity contribution is 6.27. The molecule has 0 bridgehead atoms. The monoisotopic (exact) mass is 626 g/mol. The van der Waals surface area contributed by atoms with Crippen molar-refractivity contribution in [3.05, 3.63) is 160 Å². The third kappa shape index (κ3) is 3.40. The molecular weight excluding hydrogens is 589 g/mol. The molecule has 7 aromatic rings. The van der Waals surface area contributed by atoms with Crippen molar-refractivity contribution in [1.82, 2.24) is 0 Å². The maximum absolute atomic E-state index is 2.59. The summed E-state index contributed by atoms with van der Waals surface area (Å²) in [7, 11) is 0. The number of fused-ring (bicyclic) bond motifs is 10. The summed E-state index contributed by atoms with van der Waals surface area (Å²) in [6.45, 7) is 12.0. The quantitative estimate of drug-likeness (QED) is 0.159. The van der Waals surface area contributed by atoms with Gasteiger partial charge in [0.25, 0.3) is 0 Å². The summed E-state index contributed by atoms with van der Waals surface area (Å²) in [6.07, 6.45) is 14.7. The summed E-state index contributed by atoms with van der Waals surface area (Å²) < 4.78 is 0. The van der Waals surface area contributed by atoms with E-state index in [1.165, 1.54) is 110 Å². The molecule has 0 saturated carbocycles. The zero-order chi connectivity index (χ0) is 33.0. The van der Waals surface area contributed by atoms with Crippen LogP contribution in [0.25, 0.3) is 70.9 Å². The van der Waals surface area contributed by atoms with E-state index in [-0.39, 0.29) is 10.8 Å². The zero-order valence-corrected chi connectivity index (χ0v) is 28.8. The van der Waals surface area contributed by atoms with Crippen LogP contribution >= 0.6 is 0 Å². The predicted octanol–water partition coefficient (Wildman–Crippen LogP) is 13.1. The van der Waals surface area contributed by atoms with E-state index in [4.69, 9.17) is 0 Å². The Hall–Kier alpha value is -5.20. The molecule has 4 aliphatic carbocycles. The van der Waals surface area contributed by atoms with Crippen LogP contribution in [0.2, 0.25) is 0 Å². The average Bonchev–Trinajstić information content (AvgIpc) is 3.47. The maximum atomic E-state index is 2.59. The van der Waals surface area contributed by atoms with Gasteiger partial charge in [0.05, 0.1) is 0 Å². The SMILES string of the molecule is Cc1cc2c(c3ccccc13)-c1cc3c(cc1C2(C)C)-c1c(cc2ccc4cc(C5=CC=CC6=CC=CCC65)cc5ccc1c2c45)C3(C)C. The summed E-state index contributed by atoms with van der Waals surface area (Å²) in [5, 5.41) is 11.0. The van der Waals surface area contributed by atoms with Crippen molar-refractivity contribution in [3.63, 3.8) is 0 Å². The minimum Gasteiger partial charge on any atom is -0.0836 e. The Bertz CT molecular complexity index is 2770. The number of aryl methyl sites for hydroxylation is 1. The number of hydrogen-bond donors (Lipinski definition) is 0. The van der Waals surface area contributed by atoms with Crippen LogP contribution in [0.5, 0.6) is 0 Å². The fraction of sp³-hybridized carbons (Fsp3) is 0.184. The Morgan fingerprint density at radius 1 is 0.571 bits per heavy atom. The van der Waals surface area contributed by atoms with Gasteiger partial charge in [-0.1, -0.05) is 119 Å². The van der Waals surface area contributed by atoms with Crippen LogP contribution < -0.4 is 0 Å². The number of hydrogen-bond acceptors (Lipinski definition) is 0. The molecule has 4 aliphatic rings. The highest BCUT2D eigenvalue weighted by atomic mass is 14.5. The van der Waals surface area contributed by atoms with Gasteiger partial charge in [-0.2, -0.15) is 0 Å². The van der Waals surface area contributed by atoms with Gasteiger partial charge in [0.2, 0.25) is 0 Å². The van der Waals surface area contributed by atoms with Crippen molar-refractivity contribution in [2.24, 2.45) is 5.92 Å². The molecule has 0 N–H and O–H groups in total. The van der Waals surface area contributed by atoms with Gasteiger partial charge in [-0.3, -0.25) is 0 Å². The Balaban J connectivity index is 1.16. The van der Waals surface area contributed by atoms with Gasteiger partial charge in [-0.25, -0.2) is 0 Å². The van der Waals surface area contributed by atoms with Gasteiger partial charge in [0.1, 0.15) is 0 Å². The second kappa shape index (κ2) is 9.07. The number of benzene rings is 7. The first kappa shape index (κ1) is 27.7. The first-order chi connectivity index (χ1) is 23.7. The minimum atomic E-state index is -0.106. The molecule has 0 heteroatoms. The summed E-state index contributed by atoms with van der Waals surface area (Å²) in [5.74, 6) is 0.435. The van der Waals surface area contributed by atoms with Gasteiger partial charge in [-0.05, 0) is 154 Å². The summed E-state index contributed by atoms with van der Waals surface area (Å²) in [5.41, 5.74) is 16.9. The molecule has 0 aliphatic heterocycles. The first-order valence-corrected chi connectivity index (χ1v) is 18.0.